The Morgan fingerprint density at radius 2 is 0.500 bits per heavy atom. The van der Waals surface area contributed by atoms with Gasteiger partial charge in [0.2, 0.25) is 0 Å². The van der Waals surface area contributed by atoms with E-state index in [0.29, 0.717) is 19.3 Å². The monoisotopic (exact) mass is 1080 g/mol. The maximum Gasteiger partial charge on any atom is 0.306 e. The molecule has 0 spiro atoms. The minimum Gasteiger partial charge on any atom is -0.462 e. The van der Waals surface area contributed by atoms with Crippen molar-refractivity contribution in [2.24, 2.45) is 0 Å². The highest BCUT2D eigenvalue weighted by atomic mass is 16.6. The predicted octanol–water partition coefficient (Wildman–Crippen LogP) is 22.6. The van der Waals surface area contributed by atoms with E-state index in [9.17, 15) is 14.4 Å². The van der Waals surface area contributed by atoms with Gasteiger partial charge in [-0.25, -0.2) is 0 Å². The summed E-state index contributed by atoms with van der Waals surface area (Å²) in [6, 6.07) is 0. The number of allylic oxidation sites excluding steroid dienone is 18. The van der Waals surface area contributed by atoms with Gasteiger partial charge < -0.3 is 14.2 Å². The largest absolute Gasteiger partial charge is 0.462 e. The zero-order chi connectivity index (χ0) is 56.4. The first kappa shape index (κ1) is 74.1. The molecule has 0 aliphatic rings. The third kappa shape index (κ3) is 62.9. The highest BCUT2D eigenvalue weighted by Crippen LogP contribution is 2.16. The summed E-state index contributed by atoms with van der Waals surface area (Å²) in [5.74, 6) is -0.901. The van der Waals surface area contributed by atoms with E-state index in [1.807, 2.05) is 0 Å². The van der Waals surface area contributed by atoms with Crippen LogP contribution >= 0.6 is 0 Å². The first-order valence-electron chi connectivity index (χ1n) is 32.9. The van der Waals surface area contributed by atoms with Gasteiger partial charge in [0.25, 0.3) is 0 Å². The first-order valence-corrected chi connectivity index (χ1v) is 32.9. The minimum atomic E-state index is -0.786. The van der Waals surface area contributed by atoms with Gasteiger partial charge in [-0.1, -0.05) is 291 Å². The van der Waals surface area contributed by atoms with Crippen molar-refractivity contribution in [3.63, 3.8) is 0 Å². The van der Waals surface area contributed by atoms with Gasteiger partial charge in [0.05, 0.1) is 0 Å². The van der Waals surface area contributed by atoms with Crippen LogP contribution in [-0.4, -0.2) is 37.2 Å². The lowest BCUT2D eigenvalue weighted by Gasteiger charge is -2.18. The second kappa shape index (κ2) is 65.6. The zero-order valence-corrected chi connectivity index (χ0v) is 51.2. The van der Waals surface area contributed by atoms with Crippen LogP contribution in [0.15, 0.2) is 109 Å². The Kier molecular flexibility index (Phi) is 62.3. The molecule has 0 heterocycles. The van der Waals surface area contributed by atoms with Crippen LogP contribution < -0.4 is 0 Å². The quantitative estimate of drug-likeness (QED) is 0.0261. The summed E-state index contributed by atoms with van der Waals surface area (Å²) in [5.41, 5.74) is 0. The molecule has 6 heteroatoms. The molecule has 0 aromatic heterocycles. The van der Waals surface area contributed by atoms with Crippen LogP contribution in [0.1, 0.15) is 310 Å². The van der Waals surface area contributed by atoms with Crippen LogP contribution in [0.2, 0.25) is 0 Å². The highest BCUT2D eigenvalue weighted by Gasteiger charge is 2.19. The minimum absolute atomic E-state index is 0.0834. The van der Waals surface area contributed by atoms with E-state index in [-0.39, 0.29) is 31.1 Å². The van der Waals surface area contributed by atoms with Gasteiger partial charge in [-0.15, -0.1) is 0 Å². The fourth-order valence-electron chi connectivity index (χ4n) is 9.10. The average molecular weight is 1080 g/mol. The van der Waals surface area contributed by atoms with Crippen molar-refractivity contribution in [1.29, 1.82) is 0 Å². The number of carbonyl (C=O) groups excluding carboxylic acids is 3. The van der Waals surface area contributed by atoms with Crippen LogP contribution in [0.3, 0.4) is 0 Å². The molecule has 0 bridgehead atoms. The van der Waals surface area contributed by atoms with E-state index in [2.05, 4.69) is 130 Å². The van der Waals surface area contributed by atoms with Crippen LogP contribution in [0.25, 0.3) is 0 Å². The number of unbranched alkanes of at least 4 members (excludes halogenated alkanes) is 30. The molecule has 6 nitrogen and oxygen atoms in total. The SMILES string of the molecule is CC/C=C\C/C=C\C/C=C\C/C=C\C/C=C\C/C=C\C/C=C\CCCCCCCC(=O)OCC(COC(=O)CCCCCCCCCC)OC(=O)CCCCCCCCCCCCCCC/C=C\C/C=C\CCCCCCC. The van der Waals surface area contributed by atoms with Gasteiger partial charge in [-0.05, 0) is 109 Å². The molecule has 0 aromatic rings. The third-order valence-electron chi connectivity index (χ3n) is 14.0. The van der Waals surface area contributed by atoms with Gasteiger partial charge in [0.15, 0.2) is 6.10 Å². The van der Waals surface area contributed by atoms with E-state index < -0.39 is 6.10 Å². The summed E-state index contributed by atoms with van der Waals surface area (Å²) in [6.07, 6.45) is 89.7. The Bertz CT molecular complexity index is 1570. The summed E-state index contributed by atoms with van der Waals surface area (Å²) in [4.78, 5) is 38.2. The second-order valence-electron chi connectivity index (χ2n) is 21.6. The fraction of sp³-hybridized carbons (Fsp3) is 0.708. The molecular formula is C72H122O6. The van der Waals surface area contributed by atoms with Gasteiger partial charge in [-0.2, -0.15) is 0 Å². The van der Waals surface area contributed by atoms with E-state index in [4.69, 9.17) is 14.2 Å². The summed E-state index contributed by atoms with van der Waals surface area (Å²) < 4.78 is 16.9. The normalized spacial score (nSPS) is 12.8. The summed E-state index contributed by atoms with van der Waals surface area (Å²) in [7, 11) is 0. The van der Waals surface area contributed by atoms with E-state index in [1.165, 1.54) is 141 Å². The van der Waals surface area contributed by atoms with Crippen LogP contribution in [0.4, 0.5) is 0 Å². The molecule has 0 fully saturated rings. The molecule has 1 unspecified atom stereocenters. The Morgan fingerprint density at radius 3 is 0.782 bits per heavy atom. The second-order valence-corrected chi connectivity index (χ2v) is 21.6. The summed E-state index contributed by atoms with van der Waals surface area (Å²) in [5, 5.41) is 0. The Morgan fingerprint density at radius 1 is 0.269 bits per heavy atom. The van der Waals surface area contributed by atoms with E-state index in [0.717, 1.165) is 128 Å². The van der Waals surface area contributed by atoms with Crippen molar-refractivity contribution in [1.82, 2.24) is 0 Å². The molecule has 446 valence electrons. The topological polar surface area (TPSA) is 78.9 Å². The molecule has 0 radical (unpaired) electrons. The number of esters is 3. The number of carbonyl (C=O) groups is 3. The van der Waals surface area contributed by atoms with Crippen molar-refractivity contribution in [2.75, 3.05) is 13.2 Å². The number of ether oxygens (including phenoxy) is 3. The fourth-order valence-corrected chi connectivity index (χ4v) is 9.10. The van der Waals surface area contributed by atoms with Crippen molar-refractivity contribution < 1.29 is 28.6 Å². The molecular weight excluding hydrogens is 961 g/mol. The Balaban J connectivity index is 4.23. The van der Waals surface area contributed by atoms with E-state index >= 15 is 0 Å². The van der Waals surface area contributed by atoms with Crippen molar-refractivity contribution >= 4 is 17.9 Å². The summed E-state index contributed by atoms with van der Waals surface area (Å²) in [6.45, 7) is 6.49. The van der Waals surface area contributed by atoms with Crippen LogP contribution in [-0.2, 0) is 28.6 Å². The zero-order valence-electron chi connectivity index (χ0n) is 51.2. The highest BCUT2D eigenvalue weighted by molar-refractivity contribution is 5.71. The van der Waals surface area contributed by atoms with Crippen molar-refractivity contribution in [3.05, 3.63) is 109 Å². The Labute approximate surface area is 482 Å². The molecule has 0 aromatic carbocycles. The molecule has 1 atom stereocenters. The van der Waals surface area contributed by atoms with Crippen molar-refractivity contribution in [2.45, 2.75) is 316 Å². The molecule has 0 saturated carbocycles. The standard InChI is InChI=1S/C72H122O6/c1-4-7-10-13-16-19-21-23-25-27-29-31-33-35-36-38-39-41-43-45-47-49-51-53-56-59-62-65-71(74)77-68-69(67-76-70(73)64-61-58-55-18-15-12-9-6-3)78-72(75)66-63-60-57-54-52-50-48-46-44-42-40-37-34-32-30-28-26-24-22-20-17-14-11-8-5-2/h7,10,16,19,22-25,28-31,35-36,39,41,45,47,69H,4-6,8-9,11-15,17-18,20-21,26-27,32-34,37-38,40,42-44,46,48-68H2,1-3H3/b10-7-,19-16-,24-22-,25-23-,30-28-,31-29-,36-35-,41-39-,47-45-. The molecule has 78 heavy (non-hydrogen) atoms. The maximum absolute atomic E-state index is 12.9. The van der Waals surface area contributed by atoms with Gasteiger partial charge in [0.1, 0.15) is 13.2 Å². The molecule has 0 aliphatic carbocycles. The summed E-state index contributed by atoms with van der Waals surface area (Å²) >= 11 is 0. The van der Waals surface area contributed by atoms with Gasteiger partial charge in [-0.3, -0.25) is 14.4 Å². The van der Waals surface area contributed by atoms with Gasteiger partial charge >= 0.3 is 17.9 Å². The maximum atomic E-state index is 12.9. The molecule has 0 amide bonds. The number of hydrogen-bond acceptors (Lipinski definition) is 6. The first-order chi connectivity index (χ1) is 38.5. The number of hydrogen-bond donors (Lipinski definition) is 0. The van der Waals surface area contributed by atoms with Gasteiger partial charge in [0, 0.05) is 19.3 Å². The van der Waals surface area contributed by atoms with E-state index in [1.54, 1.807) is 0 Å². The number of rotatable bonds is 59. The lowest BCUT2D eigenvalue weighted by molar-refractivity contribution is -0.167. The lowest BCUT2D eigenvalue weighted by Crippen LogP contribution is -2.30. The van der Waals surface area contributed by atoms with Crippen molar-refractivity contribution in [3.8, 4) is 0 Å². The van der Waals surface area contributed by atoms with Crippen LogP contribution in [0.5, 0.6) is 0 Å². The molecule has 0 aliphatic heterocycles. The predicted molar refractivity (Wildman–Crippen MR) is 339 cm³/mol. The molecule has 0 saturated heterocycles. The Hall–Kier alpha value is -3.93. The third-order valence-corrected chi connectivity index (χ3v) is 14.0. The molecule has 0 N–H and O–H groups in total. The smallest absolute Gasteiger partial charge is 0.306 e. The molecule has 0 rings (SSSR count). The lowest BCUT2D eigenvalue weighted by atomic mass is 10.0. The van der Waals surface area contributed by atoms with Crippen LogP contribution in [0, 0.1) is 0 Å². The average Bonchev–Trinajstić information content (AvgIpc) is 3.44.